The van der Waals surface area contributed by atoms with Crippen molar-refractivity contribution >= 4 is 12.0 Å². The zero-order valence-electron chi connectivity index (χ0n) is 12.8. The molecular weight excluding hydrogens is 256 g/mol. The van der Waals surface area contributed by atoms with Gasteiger partial charge in [-0.3, -0.25) is 4.79 Å². The third kappa shape index (κ3) is 5.02. The topological polar surface area (TPSA) is 60.9 Å². The number of unbranched alkanes of at least 4 members (excludes halogenated alkanes) is 2. The van der Waals surface area contributed by atoms with Crippen LogP contribution < -0.4 is 0 Å². The van der Waals surface area contributed by atoms with Crippen molar-refractivity contribution in [1.29, 1.82) is 0 Å². The van der Waals surface area contributed by atoms with E-state index in [1.54, 1.807) is 4.90 Å². The second-order valence-electron chi connectivity index (χ2n) is 5.56. The highest BCUT2D eigenvalue weighted by Crippen LogP contribution is 2.22. The molecule has 1 aliphatic rings. The van der Waals surface area contributed by atoms with E-state index >= 15 is 0 Å². The molecule has 1 unspecified atom stereocenters. The fraction of sp³-hybridized carbons (Fsp3) is 0.867. The SMILES string of the molecule is CCCCN(CCCC)C(=O)N1CCCC1CC(=O)O. The minimum absolute atomic E-state index is 0.0376. The van der Waals surface area contributed by atoms with Gasteiger partial charge in [-0.1, -0.05) is 26.7 Å². The molecule has 2 amide bonds. The third-order valence-corrected chi connectivity index (χ3v) is 3.87. The van der Waals surface area contributed by atoms with Crippen LogP contribution in [-0.4, -0.2) is 52.6 Å². The molecule has 0 saturated carbocycles. The van der Waals surface area contributed by atoms with E-state index in [-0.39, 0.29) is 18.5 Å². The monoisotopic (exact) mass is 284 g/mol. The largest absolute Gasteiger partial charge is 0.481 e. The van der Waals surface area contributed by atoms with Crippen molar-refractivity contribution in [2.24, 2.45) is 0 Å². The highest BCUT2D eigenvalue weighted by Gasteiger charge is 2.32. The average molecular weight is 284 g/mol. The Morgan fingerprint density at radius 1 is 1.20 bits per heavy atom. The van der Waals surface area contributed by atoms with Crippen LogP contribution in [-0.2, 0) is 4.79 Å². The summed E-state index contributed by atoms with van der Waals surface area (Å²) in [5, 5.41) is 8.94. The lowest BCUT2D eigenvalue weighted by Crippen LogP contribution is -2.46. The molecule has 1 fully saturated rings. The summed E-state index contributed by atoms with van der Waals surface area (Å²) in [5.74, 6) is -0.816. The highest BCUT2D eigenvalue weighted by molar-refractivity contribution is 5.76. The first-order valence-corrected chi connectivity index (χ1v) is 7.87. The van der Waals surface area contributed by atoms with Crippen LogP contribution in [0.3, 0.4) is 0 Å². The van der Waals surface area contributed by atoms with E-state index in [9.17, 15) is 9.59 Å². The zero-order chi connectivity index (χ0) is 15.0. The average Bonchev–Trinajstić information content (AvgIpc) is 2.85. The molecule has 1 heterocycles. The van der Waals surface area contributed by atoms with Gasteiger partial charge in [-0.2, -0.15) is 0 Å². The first-order valence-electron chi connectivity index (χ1n) is 7.87. The van der Waals surface area contributed by atoms with Gasteiger partial charge in [0.2, 0.25) is 0 Å². The quantitative estimate of drug-likeness (QED) is 0.745. The van der Waals surface area contributed by atoms with Gasteiger partial charge in [0.15, 0.2) is 0 Å². The second-order valence-corrected chi connectivity index (χ2v) is 5.56. The number of hydrogen-bond donors (Lipinski definition) is 1. The van der Waals surface area contributed by atoms with Gasteiger partial charge in [-0.25, -0.2) is 4.79 Å². The molecule has 1 N–H and O–H groups in total. The first-order chi connectivity index (χ1) is 9.60. The molecule has 0 aliphatic carbocycles. The number of amides is 2. The summed E-state index contributed by atoms with van der Waals surface area (Å²) in [4.78, 5) is 27.2. The number of likely N-dealkylation sites (tertiary alicyclic amines) is 1. The van der Waals surface area contributed by atoms with Crippen molar-refractivity contribution in [3.05, 3.63) is 0 Å². The predicted molar refractivity (Wildman–Crippen MR) is 78.8 cm³/mol. The Hall–Kier alpha value is -1.26. The molecule has 20 heavy (non-hydrogen) atoms. The Balaban J connectivity index is 2.63. The molecule has 116 valence electrons. The summed E-state index contributed by atoms with van der Waals surface area (Å²) >= 11 is 0. The van der Waals surface area contributed by atoms with Gasteiger partial charge >= 0.3 is 12.0 Å². The van der Waals surface area contributed by atoms with Crippen molar-refractivity contribution in [1.82, 2.24) is 9.80 Å². The van der Waals surface area contributed by atoms with E-state index in [0.717, 1.165) is 51.6 Å². The zero-order valence-corrected chi connectivity index (χ0v) is 12.8. The number of aliphatic carboxylic acids is 1. The summed E-state index contributed by atoms with van der Waals surface area (Å²) in [5.41, 5.74) is 0. The first kappa shape index (κ1) is 16.8. The molecule has 1 atom stereocenters. The van der Waals surface area contributed by atoms with Crippen molar-refractivity contribution < 1.29 is 14.7 Å². The summed E-state index contributed by atoms with van der Waals surface area (Å²) < 4.78 is 0. The molecule has 0 aromatic heterocycles. The van der Waals surface area contributed by atoms with Crippen LogP contribution in [0.1, 0.15) is 58.8 Å². The number of hydrogen-bond acceptors (Lipinski definition) is 2. The third-order valence-electron chi connectivity index (χ3n) is 3.87. The molecule has 0 aromatic rings. The Labute approximate surface area is 121 Å². The smallest absolute Gasteiger partial charge is 0.320 e. The van der Waals surface area contributed by atoms with Crippen molar-refractivity contribution in [2.45, 2.75) is 64.8 Å². The summed E-state index contributed by atoms with van der Waals surface area (Å²) in [6.45, 7) is 6.50. The lowest BCUT2D eigenvalue weighted by molar-refractivity contribution is -0.138. The molecule has 1 saturated heterocycles. The van der Waals surface area contributed by atoms with Gasteiger partial charge < -0.3 is 14.9 Å². The normalized spacial score (nSPS) is 18.3. The summed E-state index contributed by atoms with van der Waals surface area (Å²) in [6, 6.07) is -0.0820. The predicted octanol–water partition coefficient (Wildman–Crippen LogP) is 2.95. The summed E-state index contributed by atoms with van der Waals surface area (Å²) in [6.07, 6.45) is 5.94. The van der Waals surface area contributed by atoms with E-state index in [4.69, 9.17) is 5.11 Å². The molecule has 0 aromatic carbocycles. The van der Waals surface area contributed by atoms with Crippen LogP contribution in [0.5, 0.6) is 0 Å². The Kier molecular flexibility index (Phi) is 7.41. The van der Waals surface area contributed by atoms with Gasteiger partial charge in [0.25, 0.3) is 0 Å². The van der Waals surface area contributed by atoms with E-state index in [0.29, 0.717) is 6.54 Å². The van der Waals surface area contributed by atoms with E-state index < -0.39 is 5.97 Å². The van der Waals surface area contributed by atoms with E-state index in [1.165, 1.54) is 0 Å². The van der Waals surface area contributed by atoms with Crippen LogP contribution in [0.4, 0.5) is 4.79 Å². The van der Waals surface area contributed by atoms with Crippen LogP contribution >= 0.6 is 0 Å². The van der Waals surface area contributed by atoms with Gasteiger partial charge in [-0.15, -0.1) is 0 Å². The number of carbonyl (C=O) groups excluding carboxylic acids is 1. The molecule has 1 aliphatic heterocycles. The minimum atomic E-state index is -0.816. The maximum absolute atomic E-state index is 12.6. The lowest BCUT2D eigenvalue weighted by Gasteiger charge is -2.31. The van der Waals surface area contributed by atoms with Gasteiger partial charge in [-0.05, 0) is 25.7 Å². The minimum Gasteiger partial charge on any atom is -0.481 e. The van der Waals surface area contributed by atoms with Gasteiger partial charge in [0.1, 0.15) is 0 Å². The molecule has 1 rings (SSSR count). The Bertz CT molecular complexity index is 312. The Morgan fingerprint density at radius 3 is 2.30 bits per heavy atom. The van der Waals surface area contributed by atoms with Crippen LogP contribution in [0, 0.1) is 0 Å². The fourth-order valence-corrected chi connectivity index (χ4v) is 2.68. The number of carboxylic acids is 1. The van der Waals surface area contributed by atoms with Crippen molar-refractivity contribution in [3.63, 3.8) is 0 Å². The lowest BCUT2D eigenvalue weighted by atomic mass is 10.1. The second kappa shape index (κ2) is 8.82. The molecule has 0 spiro atoms. The molecule has 5 heteroatoms. The van der Waals surface area contributed by atoms with E-state index in [2.05, 4.69) is 13.8 Å². The maximum atomic E-state index is 12.6. The van der Waals surface area contributed by atoms with Crippen LogP contribution in [0.25, 0.3) is 0 Å². The number of nitrogens with zero attached hydrogens (tertiary/aromatic N) is 2. The maximum Gasteiger partial charge on any atom is 0.320 e. The standard InChI is InChI=1S/C15H28N2O3/c1-3-5-9-16(10-6-4-2)15(20)17-11-7-8-13(17)12-14(18)19/h13H,3-12H2,1-2H3,(H,18,19). The fourth-order valence-electron chi connectivity index (χ4n) is 2.68. The van der Waals surface area contributed by atoms with Crippen LogP contribution in [0.15, 0.2) is 0 Å². The van der Waals surface area contributed by atoms with Gasteiger partial charge in [0.05, 0.1) is 6.42 Å². The van der Waals surface area contributed by atoms with Crippen LogP contribution in [0.2, 0.25) is 0 Å². The van der Waals surface area contributed by atoms with E-state index in [1.807, 2.05) is 4.90 Å². The van der Waals surface area contributed by atoms with Gasteiger partial charge in [0, 0.05) is 25.7 Å². The Morgan fingerprint density at radius 2 is 1.80 bits per heavy atom. The molecule has 0 radical (unpaired) electrons. The number of carboxylic acid groups (broad SMARTS) is 1. The number of rotatable bonds is 8. The highest BCUT2D eigenvalue weighted by atomic mass is 16.4. The molecule has 5 nitrogen and oxygen atoms in total. The molecule has 0 bridgehead atoms. The molecular formula is C15H28N2O3. The number of urea groups is 1. The van der Waals surface area contributed by atoms with Crippen molar-refractivity contribution in [3.8, 4) is 0 Å². The van der Waals surface area contributed by atoms with Crippen molar-refractivity contribution in [2.75, 3.05) is 19.6 Å². The number of carbonyl (C=O) groups is 2. The summed E-state index contributed by atoms with van der Waals surface area (Å²) in [7, 11) is 0.